The molecular weight excluding hydrogens is 354 g/mol. The number of benzene rings is 2. The standard InChI is InChI=1S/C19H14ClN3OS/c1-12-2-4-13(5-3-12)16-17(23-10-11-25-19(23)21-16)22-18(24)14-6-8-15(20)9-7-14/h2-11H,1H3,(H,22,24). The predicted octanol–water partition coefficient (Wildman–Crippen LogP) is 5.28. The quantitative estimate of drug-likeness (QED) is 0.535. The average molecular weight is 368 g/mol. The van der Waals surface area contributed by atoms with Gasteiger partial charge in [-0.1, -0.05) is 41.4 Å². The van der Waals surface area contributed by atoms with Gasteiger partial charge in [0.15, 0.2) is 4.96 Å². The summed E-state index contributed by atoms with van der Waals surface area (Å²) in [6.45, 7) is 2.04. The molecule has 25 heavy (non-hydrogen) atoms. The fraction of sp³-hybridized carbons (Fsp3) is 0.0526. The fourth-order valence-corrected chi connectivity index (χ4v) is 3.44. The fourth-order valence-electron chi connectivity index (χ4n) is 2.60. The number of carbonyl (C=O) groups is 1. The van der Waals surface area contributed by atoms with Crippen molar-refractivity contribution in [1.29, 1.82) is 0 Å². The number of aromatic nitrogens is 2. The zero-order valence-corrected chi connectivity index (χ0v) is 14.9. The van der Waals surface area contributed by atoms with Crippen LogP contribution in [0.3, 0.4) is 0 Å². The van der Waals surface area contributed by atoms with Crippen LogP contribution >= 0.6 is 22.9 Å². The number of rotatable bonds is 3. The van der Waals surface area contributed by atoms with Gasteiger partial charge in [0.1, 0.15) is 11.5 Å². The summed E-state index contributed by atoms with van der Waals surface area (Å²) in [6, 6.07) is 14.9. The molecule has 0 aliphatic heterocycles. The number of nitrogens with one attached hydrogen (secondary N) is 1. The first-order valence-corrected chi connectivity index (χ1v) is 8.97. The van der Waals surface area contributed by atoms with Crippen LogP contribution in [0.2, 0.25) is 5.02 Å². The third kappa shape index (κ3) is 3.04. The molecule has 0 saturated heterocycles. The Kier molecular flexibility index (Phi) is 4.03. The van der Waals surface area contributed by atoms with Crippen molar-refractivity contribution in [1.82, 2.24) is 9.38 Å². The molecule has 2 aromatic carbocycles. The van der Waals surface area contributed by atoms with Gasteiger partial charge in [-0.15, -0.1) is 11.3 Å². The van der Waals surface area contributed by atoms with Gasteiger partial charge in [-0.2, -0.15) is 0 Å². The van der Waals surface area contributed by atoms with Crippen LogP contribution in [0.1, 0.15) is 15.9 Å². The first kappa shape index (κ1) is 15.9. The topological polar surface area (TPSA) is 46.4 Å². The lowest BCUT2D eigenvalue weighted by Gasteiger charge is -2.07. The summed E-state index contributed by atoms with van der Waals surface area (Å²) >= 11 is 7.42. The normalized spacial score (nSPS) is 11.0. The highest BCUT2D eigenvalue weighted by Crippen LogP contribution is 2.31. The summed E-state index contributed by atoms with van der Waals surface area (Å²) < 4.78 is 1.90. The molecule has 0 radical (unpaired) electrons. The van der Waals surface area contributed by atoms with Crippen molar-refractivity contribution in [3.05, 3.63) is 76.3 Å². The lowest BCUT2D eigenvalue weighted by Crippen LogP contribution is -2.13. The Hall–Kier alpha value is -2.63. The molecule has 0 unspecified atom stereocenters. The Morgan fingerprint density at radius 2 is 1.84 bits per heavy atom. The summed E-state index contributed by atoms with van der Waals surface area (Å²) in [5, 5.41) is 5.54. The van der Waals surface area contributed by atoms with Gasteiger partial charge in [0.05, 0.1) is 0 Å². The minimum absolute atomic E-state index is 0.196. The van der Waals surface area contributed by atoms with E-state index in [0.29, 0.717) is 16.4 Å². The number of imidazole rings is 1. The van der Waals surface area contributed by atoms with Crippen molar-refractivity contribution >= 4 is 39.6 Å². The van der Waals surface area contributed by atoms with Crippen LogP contribution in [0.5, 0.6) is 0 Å². The third-order valence-corrected chi connectivity index (χ3v) is 4.93. The molecule has 1 N–H and O–H groups in total. The van der Waals surface area contributed by atoms with Crippen LogP contribution in [0, 0.1) is 6.92 Å². The number of aryl methyl sites for hydroxylation is 1. The molecule has 1 amide bonds. The van der Waals surface area contributed by atoms with Crippen LogP contribution in [0.25, 0.3) is 16.2 Å². The zero-order valence-electron chi connectivity index (χ0n) is 13.4. The second kappa shape index (κ2) is 6.35. The molecule has 0 saturated carbocycles. The van der Waals surface area contributed by atoms with E-state index in [4.69, 9.17) is 11.6 Å². The Morgan fingerprint density at radius 1 is 1.12 bits per heavy atom. The zero-order chi connectivity index (χ0) is 17.4. The van der Waals surface area contributed by atoms with E-state index in [1.165, 1.54) is 16.9 Å². The molecule has 2 heterocycles. The minimum atomic E-state index is -0.196. The van der Waals surface area contributed by atoms with Gasteiger partial charge in [-0.3, -0.25) is 9.20 Å². The van der Waals surface area contributed by atoms with Crippen molar-refractivity contribution < 1.29 is 4.79 Å². The lowest BCUT2D eigenvalue weighted by atomic mass is 10.1. The highest BCUT2D eigenvalue weighted by molar-refractivity contribution is 7.15. The molecule has 0 fully saturated rings. The molecule has 4 aromatic rings. The maximum absolute atomic E-state index is 12.6. The van der Waals surface area contributed by atoms with Gasteiger partial charge in [0, 0.05) is 27.7 Å². The van der Waals surface area contributed by atoms with E-state index in [9.17, 15) is 4.79 Å². The number of anilines is 1. The van der Waals surface area contributed by atoms with Gasteiger partial charge in [0.25, 0.3) is 5.91 Å². The molecule has 0 bridgehead atoms. The molecule has 0 aliphatic rings. The number of carbonyl (C=O) groups excluding carboxylic acids is 1. The molecule has 0 atom stereocenters. The molecular formula is C19H14ClN3OS. The van der Waals surface area contributed by atoms with Crippen LogP contribution in [0.4, 0.5) is 5.82 Å². The van der Waals surface area contributed by atoms with Gasteiger partial charge in [0.2, 0.25) is 0 Å². The van der Waals surface area contributed by atoms with Crippen molar-refractivity contribution in [3.63, 3.8) is 0 Å². The highest BCUT2D eigenvalue weighted by Gasteiger charge is 2.18. The summed E-state index contributed by atoms with van der Waals surface area (Å²) in [7, 11) is 0. The molecule has 4 nitrogen and oxygen atoms in total. The van der Waals surface area contributed by atoms with Gasteiger partial charge in [-0.05, 0) is 31.2 Å². The average Bonchev–Trinajstić information content (AvgIpc) is 3.19. The van der Waals surface area contributed by atoms with E-state index in [0.717, 1.165) is 16.2 Å². The molecule has 124 valence electrons. The summed E-state index contributed by atoms with van der Waals surface area (Å²) in [5.74, 6) is 0.470. The number of hydrogen-bond donors (Lipinski definition) is 1. The number of amides is 1. The van der Waals surface area contributed by atoms with Crippen LogP contribution in [-0.2, 0) is 0 Å². The minimum Gasteiger partial charge on any atom is -0.306 e. The lowest BCUT2D eigenvalue weighted by molar-refractivity contribution is 0.102. The molecule has 0 aliphatic carbocycles. The first-order chi connectivity index (χ1) is 12.1. The molecule has 0 spiro atoms. The number of thiazole rings is 1. The Balaban J connectivity index is 1.76. The van der Waals surface area contributed by atoms with Crippen molar-refractivity contribution in [2.24, 2.45) is 0 Å². The number of halogens is 1. The second-order valence-electron chi connectivity index (χ2n) is 5.69. The summed E-state index contributed by atoms with van der Waals surface area (Å²) in [4.78, 5) is 18.1. The predicted molar refractivity (Wildman–Crippen MR) is 103 cm³/mol. The maximum atomic E-state index is 12.6. The third-order valence-electron chi connectivity index (χ3n) is 3.93. The molecule has 6 heteroatoms. The largest absolute Gasteiger partial charge is 0.306 e. The molecule has 4 rings (SSSR count). The van der Waals surface area contributed by atoms with Gasteiger partial charge >= 0.3 is 0 Å². The maximum Gasteiger partial charge on any atom is 0.256 e. The SMILES string of the molecule is Cc1ccc(-c2nc3sccn3c2NC(=O)c2ccc(Cl)cc2)cc1. The van der Waals surface area contributed by atoms with Crippen LogP contribution in [0.15, 0.2) is 60.1 Å². The van der Waals surface area contributed by atoms with E-state index in [1.807, 2.05) is 47.2 Å². The second-order valence-corrected chi connectivity index (χ2v) is 7.00. The van der Waals surface area contributed by atoms with E-state index in [-0.39, 0.29) is 5.91 Å². The van der Waals surface area contributed by atoms with Crippen molar-refractivity contribution in [2.75, 3.05) is 5.32 Å². The Bertz CT molecular complexity index is 1050. The number of fused-ring (bicyclic) bond motifs is 1. The van der Waals surface area contributed by atoms with Gasteiger partial charge in [-0.25, -0.2) is 4.98 Å². The Morgan fingerprint density at radius 3 is 2.56 bits per heavy atom. The van der Waals surface area contributed by atoms with E-state index >= 15 is 0 Å². The van der Waals surface area contributed by atoms with Gasteiger partial charge < -0.3 is 5.32 Å². The first-order valence-electron chi connectivity index (χ1n) is 7.71. The monoisotopic (exact) mass is 367 g/mol. The van der Waals surface area contributed by atoms with E-state index in [2.05, 4.69) is 10.3 Å². The number of hydrogen-bond acceptors (Lipinski definition) is 3. The van der Waals surface area contributed by atoms with Crippen LogP contribution in [-0.4, -0.2) is 15.3 Å². The van der Waals surface area contributed by atoms with Crippen molar-refractivity contribution in [2.45, 2.75) is 6.92 Å². The molecule has 2 aromatic heterocycles. The Labute approximate surface area is 153 Å². The van der Waals surface area contributed by atoms with E-state index in [1.54, 1.807) is 24.3 Å². The van der Waals surface area contributed by atoms with Crippen LogP contribution < -0.4 is 5.32 Å². The van der Waals surface area contributed by atoms with E-state index < -0.39 is 0 Å². The highest BCUT2D eigenvalue weighted by atomic mass is 35.5. The summed E-state index contributed by atoms with van der Waals surface area (Å²) in [5.41, 5.74) is 3.45. The smallest absolute Gasteiger partial charge is 0.256 e. The summed E-state index contributed by atoms with van der Waals surface area (Å²) in [6.07, 6.45) is 1.90. The van der Waals surface area contributed by atoms with Crippen molar-refractivity contribution in [3.8, 4) is 11.3 Å². The number of nitrogens with zero attached hydrogens (tertiary/aromatic N) is 2.